The van der Waals surface area contributed by atoms with Gasteiger partial charge in [-0.2, -0.15) is 0 Å². The minimum absolute atomic E-state index is 0.0338. The van der Waals surface area contributed by atoms with E-state index in [-0.39, 0.29) is 5.78 Å². The summed E-state index contributed by atoms with van der Waals surface area (Å²) in [7, 11) is 0. The van der Waals surface area contributed by atoms with Crippen LogP contribution in [0, 0.1) is 13.8 Å². The normalized spacial score (nSPS) is 11.0. The molecule has 0 unspecified atom stereocenters. The predicted molar refractivity (Wildman–Crippen MR) is 85.6 cm³/mol. The fourth-order valence-corrected chi connectivity index (χ4v) is 2.72. The number of carbonyl (C=O) groups excluding carboxylic acids is 1. The number of hydrogen-bond acceptors (Lipinski definition) is 2. The van der Waals surface area contributed by atoms with Crippen LogP contribution in [0.2, 0.25) is 5.02 Å². The number of halogens is 1. The predicted octanol–water partition coefficient (Wildman–Crippen LogP) is 4.50. The molecule has 3 aromatic rings. The van der Waals surface area contributed by atoms with Crippen LogP contribution in [0.1, 0.15) is 28.4 Å². The van der Waals surface area contributed by atoms with E-state index in [1.807, 2.05) is 10.6 Å². The highest BCUT2D eigenvalue weighted by Crippen LogP contribution is 2.25. The summed E-state index contributed by atoms with van der Waals surface area (Å²) in [5.41, 5.74) is 5.86. The van der Waals surface area contributed by atoms with E-state index in [0.29, 0.717) is 10.6 Å². The molecule has 0 atom stereocenters. The molecule has 0 fully saturated rings. The van der Waals surface area contributed by atoms with Crippen LogP contribution in [-0.2, 0) is 0 Å². The molecule has 3 rings (SSSR count). The maximum Gasteiger partial charge on any atom is 0.161 e. The molecular formula is C17H15ClN2O. The van der Waals surface area contributed by atoms with Crippen LogP contribution in [-0.4, -0.2) is 15.3 Å². The molecule has 3 nitrogen and oxygen atoms in total. The summed E-state index contributed by atoms with van der Waals surface area (Å²) in [6.07, 6.45) is 1.78. The van der Waals surface area contributed by atoms with E-state index in [2.05, 4.69) is 31.0 Å². The number of aryl methyl sites for hydroxylation is 2. The van der Waals surface area contributed by atoms with Gasteiger partial charge >= 0.3 is 0 Å². The third kappa shape index (κ3) is 2.34. The van der Waals surface area contributed by atoms with Gasteiger partial charge in [0.25, 0.3) is 0 Å². The summed E-state index contributed by atoms with van der Waals surface area (Å²) < 4.78 is 1.98. The number of nitrogens with zero attached hydrogens (tertiary/aromatic N) is 2. The standard InChI is InChI=1S/C17H15ClN2O/c1-10-6-16-17(7-11(10)2)20(9-19-16)13-4-5-14(12(3)21)15(18)8-13/h4-9H,1-3H3. The lowest BCUT2D eigenvalue weighted by Crippen LogP contribution is -1.97. The quantitative estimate of drug-likeness (QED) is 0.653. The highest BCUT2D eigenvalue weighted by Gasteiger charge is 2.10. The highest BCUT2D eigenvalue weighted by molar-refractivity contribution is 6.34. The van der Waals surface area contributed by atoms with Gasteiger partial charge in [-0.05, 0) is 62.2 Å². The van der Waals surface area contributed by atoms with Gasteiger partial charge in [-0.3, -0.25) is 9.36 Å². The molecule has 21 heavy (non-hydrogen) atoms. The second-order valence-corrected chi connectivity index (χ2v) is 5.67. The lowest BCUT2D eigenvalue weighted by molar-refractivity contribution is 0.101. The van der Waals surface area contributed by atoms with E-state index in [1.165, 1.54) is 18.1 Å². The fraction of sp³-hybridized carbons (Fsp3) is 0.176. The van der Waals surface area contributed by atoms with Gasteiger partial charge in [-0.25, -0.2) is 4.98 Å². The Hall–Kier alpha value is -2.13. The van der Waals surface area contributed by atoms with E-state index >= 15 is 0 Å². The molecule has 2 aromatic carbocycles. The Morgan fingerprint density at radius 3 is 2.52 bits per heavy atom. The first-order chi connectivity index (χ1) is 9.97. The Morgan fingerprint density at radius 2 is 1.86 bits per heavy atom. The monoisotopic (exact) mass is 298 g/mol. The molecule has 0 aliphatic carbocycles. The Morgan fingerprint density at radius 1 is 1.14 bits per heavy atom. The van der Waals surface area contributed by atoms with E-state index in [0.717, 1.165) is 16.7 Å². The van der Waals surface area contributed by atoms with Gasteiger partial charge in [0.15, 0.2) is 5.78 Å². The first-order valence-corrected chi connectivity index (χ1v) is 7.10. The van der Waals surface area contributed by atoms with E-state index in [4.69, 9.17) is 11.6 Å². The number of fused-ring (bicyclic) bond motifs is 1. The largest absolute Gasteiger partial charge is 0.299 e. The molecule has 0 aliphatic heterocycles. The van der Waals surface area contributed by atoms with Crippen molar-refractivity contribution in [2.24, 2.45) is 0 Å². The van der Waals surface area contributed by atoms with Crippen molar-refractivity contribution in [2.75, 3.05) is 0 Å². The maximum absolute atomic E-state index is 11.5. The molecule has 0 saturated heterocycles. The number of carbonyl (C=O) groups is 1. The Kier molecular flexibility index (Phi) is 3.30. The summed E-state index contributed by atoms with van der Waals surface area (Å²) in [4.78, 5) is 15.9. The first-order valence-electron chi connectivity index (χ1n) is 6.72. The zero-order valence-corrected chi connectivity index (χ0v) is 12.9. The SMILES string of the molecule is CC(=O)c1ccc(-n2cnc3cc(C)c(C)cc32)cc1Cl. The van der Waals surface area contributed by atoms with Crippen LogP contribution in [0.3, 0.4) is 0 Å². The van der Waals surface area contributed by atoms with Crippen LogP contribution in [0.25, 0.3) is 16.7 Å². The van der Waals surface area contributed by atoms with Crippen LogP contribution in [0.5, 0.6) is 0 Å². The highest BCUT2D eigenvalue weighted by atomic mass is 35.5. The molecule has 0 radical (unpaired) electrons. The molecular weight excluding hydrogens is 284 g/mol. The minimum atomic E-state index is -0.0338. The zero-order valence-electron chi connectivity index (χ0n) is 12.1. The van der Waals surface area contributed by atoms with Crippen molar-refractivity contribution in [3.63, 3.8) is 0 Å². The molecule has 0 N–H and O–H groups in total. The van der Waals surface area contributed by atoms with Crippen molar-refractivity contribution < 1.29 is 4.79 Å². The summed E-state index contributed by atoms with van der Waals surface area (Å²) in [6, 6.07) is 9.64. The van der Waals surface area contributed by atoms with Crippen molar-refractivity contribution in [1.82, 2.24) is 9.55 Å². The van der Waals surface area contributed by atoms with Crippen molar-refractivity contribution >= 4 is 28.4 Å². The second-order valence-electron chi connectivity index (χ2n) is 5.26. The number of hydrogen-bond donors (Lipinski definition) is 0. The Bertz CT molecular complexity index is 865. The molecule has 0 bridgehead atoms. The van der Waals surface area contributed by atoms with Crippen molar-refractivity contribution in [2.45, 2.75) is 20.8 Å². The van der Waals surface area contributed by atoms with Crippen molar-refractivity contribution in [1.29, 1.82) is 0 Å². The van der Waals surface area contributed by atoms with Gasteiger partial charge in [-0.1, -0.05) is 11.6 Å². The average Bonchev–Trinajstić information content (AvgIpc) is 2.81. The average molecular weight is 299 g/mol. The molecule has 1 aromatic heterocycles. The molecule has 0 aliphatic rings. The number of benzene rings is 2. The zero-order chi connectivity index (χ0) is 15.1. The summed E-state index contributed by atoms with van der Waals surface area (Å²) >= 11 is 6.19. The summed E-state index contributed by atoms with van der Waals surface area (Å²) in [6.45, 7) is 5.67. The molecule has 1 heterocycles. The fourth-order valence-electron chi connectivity index (χ4n) is 2.41. The molecule has 0 amide bonds. The summed E-state index contributed by atoms with van der Waals surface area (Å²) in [5, 5.41) is 0.464. The maximum atomic E-state index is 11.5. The molecule has 4 heteroatoms. The third-order valence-corrected chi connectivity index (χ3v) is 4.09. The lowest BCUT2D eigenvalue weighted by Gasteiger charge is -2.08. The van der Waals surface area contributed by atoms with Gasteiger partial charge < -0.3 is 0 Å². The topological polar surface area (TPSA) is 34.9 Å². The number of ketones is 1. The number of Topliss-reactive ketones (excluding diaryl/α,β-unsaturated/α-hetero) is 1. The first kappa shape index (κ1) is 13.8. The lowest BCUT2D eigenvalue weighted by atomic mass is 10.1. The number of imidazole rings is 1. The van der Waals surface area contributed by atoms with E-state index in [1.54, 1.807) is 18.5 Å². The minimum Gasteiger partial charge on any atom is -0.299 e. The van der Waals surface area contributed by atoms with Crippen LogP contribution in [0.4, 0.5) is 0 Å². The number of rotatable bonds is 2. The van der Waals surface area contributed by atoms with Crippen LogP contribution in [0.15, 0.2) is 36.7 Å². The van der Waals surface area contributed by atoms with E-state index in [9.17, 15) is 4.79 Å². The Balaban J connectivity index is 2.19. The van der Waals surface area contributed by atoms with E-state index < -0.39 is 0 Å². The van der Waals surface area contributed by atoms with Gasteiger partial charge in [0.05, 0.1) is 16.1 Å². The van der Waals surface area contributed by atoms with Gasteiger partial charge in [0.1, 0.15) is 6.33 Å². The van der Waals surface area contributed by atoms with Crippen LogP contribution < -0.4 is 0 Å². The van der Waals surface area contributed by atoms with Gasteiger partial charge in [0, 0.05) is 11.3 Å². The molecule has 0 saturated carbocycles. The van der Waals surface area contributed by atoms with Gasteiger partial charge in [0.2, 0.25) is 0 Å². The summed E-state index contributed by atoms with van der Waals surface area (Å²) in [5.74, 6) is -0.0338. The molecule has 0 spiro atoms. The third-order valence-electron chi connectivity index (χ3n) is 3.77. The number of aromatic nitrogens is 2. The smallest absolute Gasteiger partial charge is 0.161 e. The van der Waals surface area contributed by atoms with Crippen LogP contribution >= 0.6 is 11.6 Å². The molecule has 106 valence electrons. The van der Waals surface area contributed by atoms with Crippen molar-refractivity contribution in [3.8, 4) is 5.69 Å². The Labute approximate surface area is 128 Å². The van der Waals surface area contributed by atoms with Crippen molar-refractivity contribution in [3.05, 3.63) is 58.4 Å². The van der Waals surface area contributed by atoms with Gasteiger partial charge in [-0.15, -0.1) is 0 Å². The second kappa shape index (κ2) is 5.01.